The van der Waals surface area contributed by atoms with Crippen LogP contribution in [0.5, 0.6) is 0 Å². The van der Waals surface area contributed by atoms with Gasteiger partial charge >= 0.3 is 0 Å². The van der Waals surface area contributed by atoms with Crippen LogP contribution in [0, 0.1) is 0 Å². The number of hydrogen-bond donors (Lipinski definition) is 2. The van der Waals surface area contributed by atoms with Crippen LogP contribution in [0.3, 0.4) is 0 Å². The Hall–Kier alpha value is -2.43. The van der Waals surface area contributed by atoms with E-state index in [-0.39, 0.29) is 11.5 Å². The monoisotopic (exact) mass is 337 g/mol. The summed E-state index contributed by atoms with van der Waals surface area (Å²) in [5.74, 6) is 1.63. The predicted octanol–water partition coefficient (Wildman–Crippen LogP) is 2.43. The van der Waals surface area contributed by atoms with E-state index in [1.54, 1.807) is 0 Å². The minimum atomic E-state index is -0.0965. The van der Waals surface area contributed by atoms with Crippen molar-refractivity contribution in [1.82, 2.24) is 15.3 Å². The molecule has 1 fully saturated rings. The van der Waals surface area contributed by atoms with Crippen molar-refractivity contribution >= 4 is 5.91 Å². The molecule has 5 heteroatoms. The lowest BCUT2D eigenvalue weighted by Crippen LogP contribution is -2.27. The van der Waals surface area contributed by atoms with Gasteiger partial charge in [-0.3, -0.25) is 9.59 Å². The second-order valence-electron chi connectivity index (χ2n) is 7.13. The third kappa shape index (κ3) is 3.81. The predicted molar refractivity (Wildman–Crippen MR) is 95.7 cm³/mol. The van der Waals surface area contributed by atoms with Crippen molar-refractivity contribution in [3.05, 3.63) is 63.3 Å². The van der Waals surface area contributed by atoms with E-state index in [1.807, 2.05) is 6.07 Å². The van der Waals surface area contributed by atoms with Crippen LogP contribution in [0.4, 0.5) is 0 Å². The smallest absolute Gasteiger partial charge is 0.251 e. The highest BCUT2D eigenvalue weighted by molar-refractivity contribution is 5.77. The number of amides is 1. The summed E-state index contributed by atoms with van der Waals surface area (Å²) in [4.78, 5) is 31.3. The van der Waals surface area contributed by atoms with E-state index in [1.165, 1.54) is 17.2 Å². The molecule has 1 aromatic carbocycles. The molecule has 1 amide bonds. The molecule has 2 aliphatic rings. The van der Waals surface area contributed by atoms with Gasteiger partial charge in [-0.05, 0) is 42.7 Å². The SMILES string of the molecule is O=C(C[C@@H]1CCc2ccccc21)NCCc1cc(=O)[nH]c(C2CC2)n1. The lowest BCUT2D eigenvalue weighted by Gasteiger charge is -2.12. The van der Waals surface area contributed by atoms with E-state index in [0.717, 1.165) is 37.2 Å². The normalized spacial score (nSPS) is 18.8. The summed E-state index contributed by atoms with van der Waals surface area (Å²) in [6.07, 6.45) is 5.45. The maximum atomic E-state index is 12.3. The number of carbonyl (C=O) groups is 1. The van der Waals surface area contributed by atoms with E-state index in [0.29, 0.717) is 31.2 Å². The van der Waals surface area contributed by atoms with Crippen LogP contribution in [0.2, 0.25) is 0 Å². The van der Waals surface area contributed by atoms with Crippen LogP contribution in [0.1, 0.15) is 60.2 Å². The standard InChI is InChI=1S/C20H23N3O2/c24-18(11-15-8-5-13-3-1-2-4-17(13)15)21-10-9-16-12-19(25)23-20(22-16)14-6-7-14/h1-4,12,14-15H,5-11H2,(H,21,24)(H,22,23,25)/t15-/m0/s1. The molecule has 2 N–H and O–H groups in total. The Bertz CT molecular complexity index is 839. The maximum absolute atomic E-state index is 12.3. The van der Waals surface area contributed by atoms with Gasteiger partial charge < -0.3 is 10.3 Å². The molecular formula is C20H23N3O2. The molecule has 0 aliphatic heterocycles. The maximum Gasteiger partial charge on any atom is 0.251 e. The molecule has 2 aromatic rings. The Morgan fingerprint density at radius 2 is 2.08 bits per heavy atom. The van der Waals surface area contributed by atoms with Crippen LogP contribution in [-0.2, 0) is 17.6 Å². The van der Waals surface area contributed by atoms with Crippen LogP contribution in [0.15, 0.2) is 35.1 Å². The first-order valence-electron chi connectivity index (χ1n) is 9.13. The van der Waals surface area contributed by atoms with Gasteiger partial charge in [0.25, 0.3) is 5.56 Å². The largest absolute Gasteiger partial charge is 0.356 e. The Kier molecular flexibility index (Phi) is 4.38. The number of hydrogen-bond acceptors (Lipinski definition) is 3. The van der Waals surface area contributed by atoms with Crippen molar-refractivity contribution in [2.45, 2.75) is 50.4 Å². The Morgan fingerprint density at radius 3 is 2.92 bits per heavy atom. The molecule has 25 heavy (non-hydrogen) atoms. The van der Waals surface area contributed by atoms with Gasteiger partial charge in [0.2, 0.25) is 5.91 Å². The molecule has 2 aliphatic carbocycles. The minimum absolute atomic E-state index is 0.0777. The summed E-state index contributed by atoms with van der Waals surface area (Å²) in [6, 6.07) is 9.94. The quantitative estimate of drug-likeness (QED) is 0.850. The van der Waals surface area contributed by atoms with Gasteiger partial charge in [-0.25, -0.2) is 4.98 Å². The van der Waals surface area contributed by atoms with Crippen LogP contribution in [0.25, 0.3) is 0 Å². The number of aromatic amines is 1. The first-order valence-corrected chi connectivity index (χ1v) is 9.13. The van der Waals surface area contributed by atoms with Gasteiger partial charge in [-0.1, -0.05) is 24.3 Å². The molecule has 130 valence electrons. The lowest BCUT2D eigenvalue weighted by atomic mass is 9.97. The summed E-state index contributed by atoms with van der Waals surface area (Å²) in [5.41, 5.74) is 3.36. The highest BCUT2D eigenvalue weighted by Gasteiger charge is 2.26. The van der Waals surface area contributed by atoms with Gasteiger partial charge in [-0.2, -0.15) is 0 Å². The number of nitrogens with one attached hydrogen (secondary N) is 2. The Morgan fingerprint density at radius 1 is 1.24 bits per heavy atom. The fraction of sp³-hybridized carbons (Fsp3) is 0.450. The molecule has 0 radical (unpaired) electrons. The van der Waals surface area contributed by atoms with Crippen molar-refractivity contribution in [2.24, 2.45) is 0 Å². The summed E-state index contributed by atoms with van der Waals surface area (Å²) < 4.78 is 0. The van der Waals surface area contributed by atoms with Gasteiger partial charge in [0.15, 0.2) is 0 Å². The third-order valence-electron chi connectivity index (χ3n) is 5.17. The number of carbonyl (C=O) groups excluding carboxylic acids is 1. The number of benzene rings is 1. The number of rotatable bonds is 6. The van der Waals surface area contributed by atoms with E-state index in [4.69, 9.17) is 0 Å². The number of nitrogens with zero attached hydrogens (tertiary/aromatic N) is 1. The topological polar surface area (TPSA) is 74.8 Å². The molecule has 0 bridgehead atoms. The molecule has 1 aromatic heterocycles. The average molecular weight is 337 g/mol. The van der Waals surface area contributed by atoms with Crippen molar-refractivity contribution in [3.63, 3.8) is 0 Å². The number of H-pyrrole nitrogens is 1. The van der Waals surface area contributed by atoms with E-state index < -0.39 is 0 Å². The Balaban J connectivity index is 1.29. The summed E-state index contributed by atoms with van der Waals surface area (Å²) in [6.45, 7) is 0.522. The fourth-order valence-corrected chi connectivity index (χ4v) is 3.69. The zero-order valence-electron chi connectivity index (χ0n) is 14.3. The molecule has 0 unspecified atom stereocenters. The van der Waals surface area contributed by atoms with E-state index in [9.17, 15) is 9.59 Å². The van der Waals surface area contributed by atoms with Crippen molar-refractivity contribution in [3.8, 4) is 0 Å². The van der Waals surface area contributed by atoms with E-state index >= 15 is 0 Å². The second kappa shape index (κ2) is 6.82. The number of fused-ring (bicyclic) bond motifs is 1. The molecule has 0 saturated heterocycles. The van der Waals surface area contributed by atoms with Gasteiger partial charge in [-0.15, -0.1) is 0 Å². The minimum Gasteiger partial charge on any atom is -0.356 e. The first-order chi connectivity index (χ1) is 12.2. The summed E-state index contributed by atoms with van der Waals surface area (Å²) in [7, 11) is 0. The molecular weight excluding hydrogens is 314 g/mol. The molecule has 5 nitrogen and oxygen atoms in total. The number of aromatic nitrogens is 2. The molecule has 4 rings (SSSR count). The highest BCUT2D eigenvalue weighted by Crippen LogP contribution is 2.37. The molecule has 0 spiro atoms. The second-order valence-corrected chi connectivity index (χ2v) is 7.13. The molecule has 1 atom stereocenters. The van der Waals surface area contributed by atoms with Crippen molar-refractivity contribution < 1.29 is 4.79 Å². The Labute approximate surface area is 146 Å². The van der Waals surface area contributed by atoms with Crippen molar-refractivity contribution in [1.29, 1.82) is 0 Å². The van der Waals surface area contributed by atoms with Crippen molar-refractivity contribution in [2.75, 3.05) is 6.54 Å². The van der Waals surface area contributed by atoms with Gasteiger partial charge in [0.1, 0.15) is 5.82 Å². The van der Waals surface area contributed by atoms with E-state index in [2.05, 4.69) is 33.5 Å². The molecule has 1 saturated carbocycles. The zero-order valence-corrected chi connectivity index (χ0v) is 14.3. The van der Waals surface area contributed by atoms with Crippen LogP contribution >= 0.6 is 0 Å². The highest BCUT2D eigenvalue weighted by atomic mass is 16.1. The fourth-order valence-electron chi connectivity index (χ4n) is 3.69. The summed E-state index contributed by atoms with van der Waals surface area (Å²) in [5, 5.41) is 2.98. The van der Waals surface area contributed by atoms with Gasteiger partial charge in [0.05, 0.1) is 0 Å². The lowest BCUT2D eigenvalue weighted by molar-refractivity contribution is -0.121. The number of aryl methyl sites for hydroxylation is 1. The molecule has 1 heterocycles. The summed E-state index contributed by atoms with van der Waals surface area (Å²) >= 11 is 0. The van der Waals surface area contributed by atoms with Crippen LogP contribution < -0.4 is 10.9 Å². The van der Waals surface area contributed by atoms with Gasteiger partial charge in [0, 0.05) is 37.1 Å². The zero-order chi connectivity index (χ0) is 17.2. The average Bonchev–Trinajstić information content (AvgIpc) is 3.37. The van der Waals surface area contributed by atoms with Crippen LogP contribution in [-0.4, -0.2) is 22.4 Å². The first kappa shape index (κ1) is 16.1. The third-order valence-corrected chi connectivity index (χ3v) is 5.17.